The van der Waals surface area contributed by atoms with Crippen molar-refractivity contribution in [3.05, 3.63) is 66.1 Å². The summed E-state index contributed by atoms with van der Waals surface area (Å²) in [6, 6.07) is 13.6. The van der Waals surface area contributed by atoms with E-state index in [1.54, 1.807) is 24.1 Å². The number of carbonyl (C=O) groups is 1. The Kier molecular flexibility index (Phi) is 3.91. The van der Waals surface area contributed by atoms with E-state index < -0.39 is 0 Å². The zero-order valence-electron chi connectivity index (χ0n) is 12.1. The van der Waals surface area contributed by atoms with Gasteiger partial charge >= 0.3 is 0 Å². The Labute approximate surface area is 127 Å². The molecule has 0 saturated carbocycles. The second kappa shape index (κ2) is 6.17. The molecular weight excluding hydrogens is 278 g/mol. The molecule has 2 heterocycles. The second-order valence-corrected chi connectivity index (χ2v) is 4.74. The van der Waals surface area contributed by atoms with Crippen LogP contribution in [-0.2, 0) is 6.54 Å². The summed E-state index contributed by atoms with van der Waals surface area (Å²) in [6.45, 7) is 0.544. The number of rotatable bonds is 4. The molecule has 6 heteroatoms. The van der Waals surface area contributed by atoms with Crippen molar-refractivity contribution in [1.29, 1.82) is 0 Å². The lowest BCUT2D eigenvalue weighted by Gasteiger charge is -2.08. The maximum absolute atomic E-state index is 12.0. The summed E-state index contributed by atoms with van der Waals surface area (Å²) in [6.07, 6.45) is 3.37. The molecule has 0 aliphatic rings. The van der Waals surface area contributed by atoms with Gasteiger partial charge < -0.3 is 5.32 Å². The summed E-state index contributed by atoms with van der Waals surface area (Å²) < 4.78 is 1.73. The van der Waals surface area contributed by atoms with Gasteiger partial charge in [0.05, 0.1) is 6.54 Å². The van der Waals surface area contributed by atoms with Crippen LogP contribution >= 0.6 is 0 Å². The van der Waals surface area contributed by atoms with Crippen molar-refractivity contribution in [1.82, 2.24) is 25.3 Å². The Morgan fingerprint density at radius 2 is 1.86 bits per heavy atom. The van der Waals surface area contributed by atoms with Gasteiger partial charge in [0.15, 0.2) is 5.69 Å². The molecule has 2 aromatic heterocycles. The van der Waals surface area contributed by atoms with Crippen LogP contribution in [0.3, 0.4) is 0 Å². The molecular formula is C16H15N5O. The fourth-order valence-electron chi connectivity index (χ4n) is 2.25. The van der Waals surface area contributed by atoms with E-state index in [0.29, 0.717) is 17.9 Å². The average molecular weight is 293 g/mol. The van der Waals surface area contributed by atoms with Crippen molar-refractivity contribution in [3.63, 3.8) is 0 Å². The van der Waals surface area contributed by atoms with Crippen molar-refractivity contribution in [2.24, 2.45) is 0 Å². The Hall–Kier alpha value is -3.02. The second-order valence-electron chi connectivity index (χ2n) is 4.74. The first-order chi connectivity index (χ1) is 10.8. The summed E-state index contributed by atoms with van der Waals surface area (Å²) in [5.41, 5.74) is 2.94. The molecule has 0 spiro atoms. The minimum atomic E-state index is -0.258. The minimum Gasteiger partial charge on any atom is -0.354 e. The number of pyridine rings is 1. The van der Waals surface area contributed by atoms with Gasteiger partial charge in [0.2, 0.25) is 0 Å². The average Bonchev–Trinajstić information content (AvgIpc) is 2.99. The number of hydrogen-bond acceptors (Lipinski definition) is 4. The van der Waals surface area contributed by atoms with Gasteiger partial charge in [0.25, 0.3) is 5.91 Å². The Balaban J connectivity index is 2.07. The highest BCUT2D eigenvalue weighted by Crippen LogP contribution is 2.22. The largest absolute Gasteiger partial charge is 0.354 e. The molecule has 0 aliphatic carbocycles. The summed E-state index contributed by atoms with van der Waals surface area (Å²) in [5, 5.41) is 10.8. The third-order valence-electron chi connectivity index (χ3n) is 3.31. The number of hydrogen-bond donors (Lipinski definition) is 1. The van der Waals surface area contributed by atoms with E-state index in [1.165, 1.54) is 0 Å². The molecule has 6 nitrogen and oxygen atoms in total. The van der Waals surface area contributed by atoms with E-state index in [9.17, 15) is 4.79 Å². The van der Waals surface area contributed by atoms with E-state index in [-0.39, 0.29) is 5.91 Å². The Bertz CT molecular complexity index is 768. The van der Waals surface area contributed by atoms with Crippen LogP contribution < -0.4 is 5.32 Å². The number of carbonyl (C=O) groups excluding carboxylic acids is 1. The third kappa shape index (κ3) is 2.71. The predicted molar refractivity (Wildman–Crippen MR) is 82.2 cm³/mol. The van der Waals surface area contributed by atoms with Crippen LogP contribution in [0.4, 0.5) is 0 Å². The van der Waals surface area contributed by atoms with Gasteiger partial charge in [-0.1, -0.05) is 35.5 Å². The van der Waals surface area contributed by atoms with Crippen LogP contribution in [0, 0.1) is 0 Å². The van der Waals surface area contributed by atoms with E-state index in [2.05, 4.69) is 20.6 Å². The summed E-state index contributed by atoms with van der Waals surface area (Å²) >= 11 is 0. The molecule has 0 radical (unpaired) electrons. The zero-order chi connectivity index (χ0) is 15.4. The smallest absolute Gasteiger partial charge is 0.273 e. The Morgan fingerprint density at radius 1 is 1.14 bits per heavy atom. The number of aromatic nitrogens is 4. The van der Waals surface area contributed by atoms with Gasteiger partial charge in [-0.25, -0.2) is 4.68 Å². The van der Waals surface area contributed by atoms with E-state index >= 15 is 0 Å². The SMILES string of the molecule is CNC(=O)c1nnn(Cc2ccccc2)c1-c1ccncc1. The highest BCUT2D eigenvalue weighted by Gasteiger charge is 2.20. The fraction of sp³-hybridized carbons (Fsp3) is 0.125. The molecule has 0 saturated heterocycles. The van der Waals surface area contributed by atoms with Crippen LogP contribution in [0.5, 0.6) is 0 Å². The summed E-state index contributed by atoms with van der Waals surface area (Å²) in [4.78, 5) is 16.0. The highest BCUT2D eigenvalue weighted by atomic mass is 16.1. The van der Waals surface area contributed by atoms with Crippen molar-refractivity contribution in [2.75, 3.05) is 7.05 Å². The van der Waals surface area contributed by atoms with Gasteiger partial charge in [-0.15, -0.1) is 5.10 Å². The quantitative estimate of drug-likeness (QED) is 0.795. The number of amides is 1. The molecule has 0 fully saturated rings. The molecule has 0 atom stereocenters. The number of nitrogens with one attached hydrogen (secondary N) is 1. The van der Waals surface area contributed by atoms with Gasteiger partial charge in [-0.2, -0.15) is 0 Å². The third-order valence-corrected chi connectivity index (χ3v) is 3.31. The van der Waals surface area contributed by atoms with Crippen LogP contribution in [0.25, 0.3) is 11.3 Å². The maximum Gasteiger partial charge on any atom is 0.273 e. The first kappa shape index (κ1) is 13.9. The number of benzene rings is 1. The van der Waals surface area contributed by atoms with Crippen molar-refractivity contribution in [2.45, 2.75) is 6.54 Å². The molecule has 0 unspecified atom stereocenters. The van der Waals surface area contributed by atoms with Gasteiger partial charge in [0.1, 0.15) is 5.69 Å². The summed E-state index contributed by atoms with van der Waals surface area (Å²) in [7, 11) is 1.58. The van der Waals surface area contributed by atoms with E-state index in [0.717, 1.165) is 11.1 Å². The van der Waals surface area contributed by atoms with E-state index in [4.69, 9.17) is 0 Å². The van der Waals surface area contributed by atoms with Crippen LogP contribution in [0.2, 0.25) is 0 Å². The first-order valence-electron chi connectivity index (χ1n) is 6.89. The molecule has 0 aliphatic heterocycles. The predicted octanol–water partition coefficient (Wildman–Crippen LogP) is 1.75. The molecule has 1 aromatic carbocycles. The van der Waals surface area contributed by atoms with Crippen molar-refractivity contribution < 1.29 is 4.79 Å². The van der Waals surface area contributed by atoms with Gasteiger partial charge in [-0.3, -0.25) is 9.78 Å². The lowest BCUT2D eigenvalue weighted by atomic mass is 10.1. The first-order valence-corrected chi connectivity index (χ1v) is 6.89. The fourth-order valence-corrected chi connectivity index (χ4v) is 2.25. The topological polar surface area (TPSA) is 72.7 Å². The molecule has 3 rings (SSSR count). The zero-order valence-corrected chi connectivity index (χ0v) is 12.1. The lowest BCUT2D eigenvalue weighted by molar-refractivity contribution is 0.0958. The lowest BCUT2D eigenvalue weighted by Crippen LogP contribution is -2.19. The maximum atomic E-state index is 12.0. The van der Waals surface area contributed by atoms with Crippen molar-refractivity contribution in [3.8, 4) is 11.3 Å². The highest BCUT2D eigenvalue weighted by molar-refractivity contribution is 5.97. The van der Waals surface area contributed by atoms with Crippen molar-refractivity contribution >= 4 is 5.91 Å². The molecule has 22 heavy (non-hydrogen) atoms. The molecule has 0 bridgehead atoms. The van der Waals surface area contributed by atoms with Crippen LogP contribution in [0.1, 0.15) is 16.1 Å². The number of nitrogens with zero attached hydrogens (tertiary/aromatic N) is 4. The molecule has 1 N–H and O–H groups in total. The normalized spacial score (nSPS) is 10.4. The van der Waals surface area contributed by atoms with Crippen LogP contribution in [-0.4, -0.2) is 32.9 Å². The molecule has 1 amide bonds. The standard InChI is InChI=1S/C16H15N5O/c1-17-16(22)14-15(13-7-9-18-10-8-13)21(20-19-14)11-12-5-3-2-4-6-12/h2-10H,11H2,1H3,(H,17,22). The Morgan fingerprint density at radius 3 is 2.55 bits per heavy atom. The van der Waals surface area contributed by atoms with Gasteiger partial charge in [0, 0.05) is 25.0 Å². The summed E-state index contributed by atoms with van der Waals surface area (Å²) in [5.74, 6) is -0.258. The molecule has 110 valence electrons. The van der Waals surface area contributed by atoms with Gasteiger partial charge in [-0.05, 0) is 17.7 Å². The monoisotopic (exact) mass is 293 g/mol. The minimum absolute atomic E-state index is 0.258. The van der Waals surface area contributed by atoms with Crippen LogP contribution in [0.15, 0.2) is 54.9 Å². The van der Waals surface area contributed by atoms with E-state index in [1.807, 2.05) is 42.5 Å². The molecule has 3 aromatic rings.